The average Bonchev–Trinajstić information content (AvgIpc) is 2.46. The van der Waals surface area contributed by atoms with Gasteiger partial charge in [0.05, 0.1) is 11.9 Å². The van der Waals surface area contributed by atoms with Gasteiger partial charge in [-0.2, -0.15) is 0 Å². The summed E-state index contributed by atoms with van der Waals surface area (Å²) in [5, 5.41) is 1.45. The number of nitrogens with zero attached hydrogens (tertiary/aromatic N) is 3. The van der Waals surface area contributed by atoms with E-state index in [1.165, 1.54) is 0 Å². The van der Waals surface area contributed by atoms with Gasteiger partial charge in [-0.25, -0.2) is 4.98 Å². The lowest BCUT2D eigenvalue weighted by Crippen LogP contribution is -2.13. The summed E-state index contributed by atoms with van der Waals surface area (Å²) in [7, 11) is 0. The second kappa shape index (κ2) is 4.70. The number of carbonyl (C=O) groups is 1. The van der Waals surface area contributed by atoms with Gasteiger partial charge in [0.25, 0.3) is 5.91 Å². The standard InChI is InChI=1S/C15H11N4O/c1-9-2-4-17-8-12(9)13-6-11-10(7-19-13)3-5-18-14(11)15(16)20/h2-4,6-8H,1H3,(H2,16,20). The Morgan fingerprint density at radius 1 is 1.35 bits per heavy atom. The molecule has 3 aromatic rings. The number of hydrogen-bond donors (Lipinski definition) is 1. The summed E-state index contributed by atoms with van der Waals surface area (Å²) in [6.07, 6.45) is 7.81. The molecular weight excluding hydrogens is 252 g/mol. The zero-order valence-corrected chi connectivity index (χ0v) is 10.8. The lowest BCUT2D eigenvalue weighted by Gasteiger charge is -2.07. The molecule has 5 nitrogen and oxygen atoms in total. The van der Waals surface area contributed by atoms with Crippen LogP contribution in [0, 0.1) is 13.1 Å². The monoisotopic (exact) mass is 263 g/mol. The molecule has 0 saturated carbocycles. The van der Waals surface area contributed by atoms with Crippen molar-refractivity contribution in [2.45, 2.75) is 6.92 Å². The quantitative estimate of drug-likeness (QED) is 0.765. The summed E-state index contributed by atoms with van der Waals surface area (Å²) in [6, 6.07) is 5.39. The van der Waals surface area contributed by atoms with Gasteiger partial charge >= 0.3 is 0 Å². The second-order valence-corrected chi connectivity index (χ2v) is 4.45. The Bertz CT molecular complexity index is 814. The van der Waals surface area contributed by atoms with Gasteiger partial charge in [-0.1, -0.05) is 0 Å². The van der Waals surface area contributed by atoms with Crippen molar-refractivity contribution in [2.75, 3.05) is 0 Å². The molecule has 3 heterocycles. The third-order valence-electron chi connectivity index (χ3n) is 3.13. The predicted octanol–water partition coefficient (Wildman–Crippen LogP) is 1.90. The number of primary amides is 1. The van der Waals surface area contributed by atoms with Gasteiger partial charge in [-0.15, -0.1) is 0 Å². The smallest absolute Gasteiger partial charge is 0.267 e. The molecule has 5 heteroatoms. The van der Waals surface area contributed by atoms with Crippen LogP contribution < -0.4 is 5.73 Å². The van der Waals surface area contributed by atoms with Crippen LogP contribution in [0.15, 0.2) is 36.8 Å². The number of fused-ring (bicyclic) bond motifs is 1. The number of pyridine rings is 3. The number of nitrogens with two attached hydrogens (primary N) is 1. The Labute approximate surface area is 115 Å². The van der Waals surface area contributed by atoms with E-state index in [2.05, 4.69) is 21.1 Å². The molecule has 97 valence electrons. The van der Waals surface area contributed by atoms with Crippen molar-refractivity contribution in [3.63, 3.8) is 0 Å². The number of hydrogen-bond acceptors (Lipinski definition) is 4. The van der Waals surface area contributed by atoms with Crippen LogP contribution in [-0.2, 0) is 0 Å². The van der Waals surface area contributed by atoms with Gasteiger partial charge in [0.2, 0.25) is 0 Å². The fraction of sp³-hybridized carbons (Fsp3) is 0.0667. The maximum absolute atomic E-state index is 11.4. The molecule has 0 aromatic carbocycles. The largest absolute Gasteiger partial charge is 0.364 e. The summed E-state index contributed by atoms with van der Waals surface area (Å²) >= 11 is 0. The SMILES string of the molecule is Cc1ccncc1-c1cc2c(C(N)=O)n[c]cc2cn1. The van der Waals surface area contributed by atoms with E-state index in [4.69, 9.17) is 5.73 Å². The highest BCUT2D eigenvalue weighted by atomic mass is 16.1. The molecule has 3 rings (SSSR count). The highest BCUT2D eigenvalue weighted by molar-refractivity contribution is 6.04. The fourth-order valence-electron chi connectivity index (χ4n) is 2.08. The molecule has 0 aliphatic heterocycles. The zero-order chi connectivity index (χ0) is 14.1. The summed E-state index contributed by atoms with van der Waals surface area (Å²) in [6.45, 7) is 1.98. The van der Waals surface area contributed by atoms with E-state index in [-0.39, 0.29) is 5.69 Å². The van der Waals surface area contributed by atoms with E-state index in [0.29, 0.717) is 5.39 Å². The summed E-state index contributed by atoms with van der Waals surface area (Å²) in [5.74, 6) is -0.577. The average molecular weight is 263 g/mol. The number of aryl methyl sites for hydroxylation is 1. The molecule has 1 radical (unpaired) electrons. The minimum Gasteiger partial charge on any atom is -0.364 e. The topological polar surface area (TPSA) is 81.8 Å². The van der Waals surface area contributed by atoms with Gasteiger partial charge in [-0.05, 0) is 30.7 Å². The van der Waals surface area contributed by atoms with E-state index in [9.17, 15) is 4.79 Å². The maximum Gasteiger partial charge on any atom is 0.267 e. The van der Waals surface area contributed by atoms with Crippen LogP contribution in [-0.4, -0.2) is 20.9 Å². The number of aromatic nitrogens is 3. The molecule has 0 unspecified atom stereocenters. The van der Waals surface area contributed by atoms with Crippen molar-refractivity contribution in [3.8, 4) is 11.3 Å². The van der Waals surface area contributed by atoms with Crippen molar-refractivity contribution in [1.82, 2.24) is 15.0 Å². The Morgan fingerprint density at radius 3 is 2.95 bits per heavy atom. The van der Waals surface area contributed by atoms with Crippen LogP contribution in [0.2, 0.25) is 0 Å². The first kappa shape index (κ1) is 12.2. The third kappa shape index (κ3) is 1.99. The molecule has 0 bridgehead atoms. The van der Waals surface area contributed by atoms with Crippen molar-refractivity contribution < 1.29 is 4.79 Å². The van der Waals surface area contributed by atoms with E-state index < -0.39 is 5.91 Å². The molecule has 20 heavy (non-hydrogen) atoms. The first-order chi connectivity index (χ1) is 9.66. The summed E-state index contributed by atoms with van der Waals surface area (Å²) in [5.41, 5.74) is 8.25. The van der Waals surface area contributed by atoms with Crippen molar-refractivity contribution in [3.05, 3.63) is 54.2 Å². The van der Waals surface area contributed by atoms with Crippen LogP contribution in [0.5, 0.6) is 0 Å². The molecule has 0 saturated heterocycles. The van der Waals surface area contributed by atoms with Gasteiger partial charge < -0.3 is 5.73 Å². The van der Waals surface area contributed by atoms with Crippen LogP contribution in [0.1, 0.15) is 16.1 Å². The molecular formula is C15H11N4O. The zero-order valence-electron chi connectivity index (χ0n) is 10.8. The Hall–Kier alpha value is -2.82. The highest BCUT2D eigenvalue weighted by Gasteiger charge is 2.11. The molecule has 0 fully saturated rings. The molecule has 3 aromatic heterocycles. The predicted molar refractivity (Wildman–Crippen MR) is 74.9 cm³/mol. The lowest BCUT2D eigenvalue weighted by molar-refractivity contribution is 0.0997. The second-order valence-electron chi connectivity index (χ2n) is 4.45. The van der Waals surface area contributed by atoms with E-state index >= 15 is 0 Å². The minimum atomic E-state index is -0.577. The van der Waals surface area contributed by atoms with Crippen LogP contribution >= 0.6 is 0 Å². The van der Waals surface area contributed by atoms with Crippen LogP contribution in [0.4, 0.5) is 0 Å². The van der Waals surface area contributed by atoms with Gasteiger partial charge in [0, 0.05) is 34.9 Å². The number of amides is 1. The highest BCUT2D eigenvalue weighted by Crippen LogP contribution is 2.24. The number of rotatable bonds is 2. The van der Waals surface area contributed by atoms with Crippen LogP contribution in [0.25, 0.3) is 22.0 Å². The molecule has 0 atom stereocenters. The van der Waals surface area contributed by atoms with Crippen molar-refractivity contribution in [2.24, 2.45) is 5.73 Å². The van der Waals surface area contributed by atoms with Gasteiger partial charge in [0.15, 0.2) is 0 Å². The van der Waals surface area contributed by atoms with E-state index in [0.717, 1.165) is 22.2 Å². The fourth-order valence-corrected chi connectivity index (χ4v) is 2.08. The van der Waals surface area contributed by atoms with E-state index in [1.807, 2.05) is 13.0 Å². The van der Waals surface area contributed by atoms with Crippen LogP contribution in [0.3, 0.4) is 0 Å². The first-order valence-corrected chi connectivity index (χ1v) is 6.04. The Kier molecular flexibility index (Phi) is 2.87. The molecule has 2 N–H and O–H groups in total. The summed E-state index contributed by atoms with van der Waals surface area (Å²) < 4.78 is 0. The van der Waals surface area contributed by atoms with Gasteiger partial charge in [0.1, 0.15) is 5.69 Å². The molecule has 0 aliphatic rings. The molecule has 0 aliphatic carbocycles. The minimum absolute atomic E-state index is 0.202. The number of carbonyl (C=O) groups excluding carboxylic acids is 1. The van der Waals surface area contributed by atoms with Crippen molar-refractivity contribution >= 4 is 16.7 Å². The van der Waals surface area contributed by atoms with Crippen molar-refractivity contribution in [1.29, 1.82) is 0 Å². The maximum atomic E-state index is 11.4. The van der Waals surface area contributed by atoms with E-state index in [1.54, 1.807) is 30.7 Å². The third-order valence-corrected chi connectivity index (χ3v) is 3.13. The summed E-state index contributed by atoms with van der Waals surface area (Å²) in [4.78, 5) is 23.9. The lowest BCUT2D eigenvalue weighted by atomic mass is 10.0. The Balaban J connectivity index is 2.27. The van der Waals surface area contributed by atoms with Gasteiger partial charge in [-0.3, -0.25) is 14.8 Å². The molecule has 1 amide bonds. The normalized spacial score (nSPS) is 10.7. The molecule has 0 spiro atoms. The first-order valence-electron chi connectivity index (χ1n) is 6.04. The Morgan fingerprint density at radius 2 is 2.20 bits per heavy atom.